The lowest BCUT2D eigenvalue weighted by atomic mass is 10.1. The fourth-order valence-corrected chi connectivity index (χ4v) is 3.57. The largest absolute Gasteiger partial charge is 0.497 e. The summed E-state index contributed by atoms with van der Waals surface area (Å²) in [5, 5.41) is 13.5. The second-order valence-electron chi connectivity index (χ2n) is 6.88. The van der Waals surface area contributed by atoms with Crippen molar-refractivity contribution in [3.63, 3.8) is 0 Å². The molecule has 1 aromatic carbocycles. The highest BCUT2D eigenvalue weighted by molar-refractivity contribution is 9.10. The standard InChI is InChI=1S/C22H23BrN2O8/c1-4-31-19(26)12-25(10-13-5-6-14(29-2)9-17(13)30-3)11-15-20(16-7-8-18(23)32-16)24-33-21(15)22(27)28/h5-9H,4,10-12H2,1-3H3,(H,27,28). The number of carboxylic acids is 1. The van der Waals surface area contributed by atoms with Gasteiger partial charge in [-0.05, 0) is 41.1 Å². The number of aromatic carboxylic acids is 1. The zero-order valence-corrected chi connectivity index (χ0v) is 19.9. The number of hydrogen-bond donors (Lipinski definition) is 1. The lowest BCUT2D eigenvalue weighted by molar-refractivity contribution is -0.144. The number of benzene rings is 1. The second kappa shape index (κ2) is 11.0. The van der Waals surface area contributed by atoms with Crippen LogP contribution in [0.3, 0.4) is 0 Å². The molecule has 0 saturated heterocycles. The number of nitrogens with zero attached hydrogens (tertiary/aromatic N) is 2. The molecule has 0 saturated carbocycles. The maximum atomic E-state index is 12.3. The molecule has 2 heterocycles. The van der Waals surface area contributed by atoms with Crippen LogP contribution in [0.2, 0.25) is 0 Å². The Kier molecular flexibility index (Phi) is 8.12. The lowest BCUT2D eigenvalue weighted by Crippen LogP contribution is -2.31. The summed E-state index contributed by atoms with van der Waals surface area (Å²) in [5.41, 5.74) is 1.26. The third-order valence-corrected chi connectivity index (χ3v) is 5.14. The van der Waals surface area contributed by atoms with E-state index in [1.165, 1.54) is 7.11 Å². The van der Waals surface area contributed by atoms with Gasteiger partial charge in [0.2, 0.25) is 5.76 Å². The van der Waals surface area contributed by atoms with Crippen LogP contribution in [0.4, 0.5) is 0 Å². The normalized spacial score (nSPS) is 10.9. The molecule has 0 spiro atoms. The molecule has 1 N–H and O–H groups in total. The molecular weight excluding hydrogens is 500 g/mol. The number of hydrogen-bond acceptors (Lipinski definition) is 9. The molecule has 0 bridgehead atoms. The lowest BCUT2D eigenvalue weighted by Gasteiger charge is -2.22. The quantitative estimate of drug-likeness (QED) is 0.369. The minimum atomic E-state index is -1.28. The predicted molar refractivity (Wildman–Crippen MR) is 119 cm³/mol. The van der Waals surface area contributed by atoms with E-state index in [0.29, 0.717) is 21.9 Å². The number of halogens is 1. The van der Waals surface area contributed by atoms with Gasteiger partial charge in [-0.15, -0.1) is 0 Å². The van der Waals surface area contributed by atoms with Gasteiger partial charge in [0.15, 0.2) is 16.1 Å². The first-order chi connectivity index (χ1) is 15.9. The molecule has 2 aromatic heterocycles. The topological polar surface area (TPSA) is 124 Å². The van der Waals surface area contributed by atoms with Crippen molar-refractivity contribution in [2.75, 3.05) is 27.4 Å². The predicted octanol–water partition coefficient (Wildman–Crippen LogP) is 3.98. The van der Waals surface area contributed by atoms with Crippen LogP contribution in [0.1, 0.15) is 28.6 Å². The Balaban J connectivity index is 1.98. The number of methoxy groups -OCH3 is 2. The van der Waals surface area contributed by atoms with Gasteiger partial charge in [0, 0.05) is 24.7 Å². The first kappa shape index (κ1) is 24.3. The molecule has 3 rings (SSSR count). The van der Waals surface area contributed by atoms with Gasteiger partial charge >= 0.3 is 11.9 Å². The van der Waals surface area contributed by atoms with Crippen molar-refractivity contribution in [1.82, 2.24) is 10.1 Å². The average Bonchev–Trinajstić information content (AvgIpc) is 3.40. The summed E-state index contributed by atoms with van der Waals surface area (Å²) in [6.45, 7) is 2.10. The summed E-state index contributed by atoms with van der Waals surface area (Å²) in [4.78, 5) is 25.8. The number of carbonyl (C=O) groups is 2. The van der Waals surface area contributed by atoms with Crippen LogP contribution in [0.15, 0.2) is 43.9 Å². The molecule has 0 amide bonds. The summed E-state index contributed by atoms with van der Waals surface area (Å²) in [7, 11) is 3.08. The van der Waals surface area contributed by atoms with Gasteiger partial charge in [0.05, 0.1) is 32.9 Å². The maximum absolute atomic E-state index is 12.3. The molecule has 0 atom stereocenters. The summed E-state index contributed by atoms with van der Waals surface area (Å²) in [6.07, 6.45) is 0. The fourth-order valence-electron chi connectivity index (χ4n) is 3.26. The SMILES string of the molecule is CCOC(=O)CN(Cc1ccc(OC)cc1OC)Cc1c(-c2ccc(Br)o2)noc1C(=O)O. The van der Waals surface area contributed by atoms with E-state index in [0.717, 1.165) is 5.56 Å². The summed E-state index contributed by atoms with van der Waals surface area (Å²) in [5.74, 6) is -0.583. The Hall–Kier alpha value is -3.31. The molecule has 0 unspecified atom stereocenters. The molecule has 0 aliphatic heterocycles. The number of ether oxygens (including phenoxy) is 3. The minimum absolute atomic E-state index is 0.0206. The van der Waals surface area contributed by atoms with Crippen LogP contribution in [-0.2, 0) is 22.6 Å². The zero-order valence-electron chi connectivity index (χ0n) is 18.3. The van der Waals surface area contributed by atoms with Crippen molar-refractivity contribution in [3.05, 3.63) is 51.9 Å². The number of carboxylic acid groups (broad SMARTS) is 1. The smallest absolute Gasteiger partial charge is 0.375 e. The monoisotopic (exact) mass is 522 g/mol. The average molecular weight is 523 g/mol. The first-order valence-corrected chi connectivity index (χ1v) is 10.7. The van der Waals surface area contributed by atoms with E-state index in [1.807, 2.05) is 6.07 Å². The van der Waals surface area contributed by atoms with Crippen molar-refractivity contribution >= 4 is 27.9 Å². The molecule has 176 valence electrons. The Morgan fingerprint density at radius 3 is 2.55 bits per heavy atom. The maximum Gasteiger partial charge on any atom is 0.375 e. The number of esters is 1. The highest BCUT2D eigenvalue weighted by atomic mass is 79.9. The van der Waals surface area contributed by atoms with Gasteiger partial charge in [-0.3, -0.25) is 9.69 Å². The van der Waals surface area contributed by atoms with Crippen molar-refractivity contribution in [1.29, 1.82) is 0 Å². The molecule has 0 radical (unpaired) electrons. The van der Waals surface area contributed by atoms with Gasteiger partial charge in [-0.25, -0.2) is 4.79 Å². The van der Waals surface area contributed by atoms with E-state index in [9.17, 15) is 14.7 Å². The van der Waals surface area contributed by atoms with Crippen LogP contribution in [0, 0.1) is 0 Å². The van der Waals surface area contributed by atoms with Gasteiger partial charge in [0.1, 0.15) is 11.5 Å². The van der Waals surface area contributed by atoms with Crippen molar-refractivity contribution < 1.29 is 37.8 Å². The minimum Gasteiger partial charge on any atom is -0.497 e. The van der Waals surface area contributed by atoms with Gasteiger partial charge in [-0.1, -0.05) is 11.2 Å². The Morgan fingerprint density at radius 2 is 1.94 bits per heavy atom. The van der Waals surface area contributed by atoms with E-state index >= 15 is 0 Å². The number of rotatable bonds is 11. The van der Waals surface area contributed by atoms with Crippen LogP contribution in [-0.4, -0.2) is 54.5 Å². The Morgan fingerprint density at radius 1 is 1.15 bits per heavy atom. The van der Waals surface area contributed by atoms with E-state index in [4.69, 9.17) is 23.2 Å². The van der Waals surface area contributed by atoms with E-state index in [-0.39, 0.29) is 43.3 Å². The Labute approximate surface area is 198 Å². The summed E-state index contributed by atoms with van der Waals surface area (Å²) in [6, 6.07) is 8.61. The summed E-state index contributed by atoms with van der Waals surface area (Å²) >= 11 is 3.23. The molecule has 33 heavy (non-hydrogen) atoms. The molecule has 0 aliphatic rings. The summed E-state index contributed by atoms with van der Waals surface area (Å²) < 4.78 is 26.9. The highest BCUT2D eigenvalue weighted by Crippen LogP contribution is 2.31. The third kappa shape index (κ3) is 5.93. The fraction of sp³-hybridized carbons (Fsp3) is 0.318. The zero-order chi connectivity index (χ0) is 24.0. The Bertz CT molecular complexity index is 1120. The first-order valence-electron chi connectivity index (χ1n) is 9.92. The van der Waals surface area contributed by atoms with E-state index < -0.39 is 11.9 Å². The van der Waals surface area contributed by atoms with Crippen molar-refractivity contribution in [3.8, 4) is 23.0 Å². The van der Waals surface area contributed by atoms with E-state index in [2.05, 4.69) is 21.1 Å². The highest BCUT2D eigenvalue weighted by Gasteiger charge is 2.27. The molecular formula is C22H23BrN2O8. The number of carbonyl (C=O) groups excluding carboxylic acids is 1. The van der Waals surface area contributed by atoms with Crippen molar-refractivity contribution in [2.45, 2.75) is 20.0 Å². The van der Waals surface area contributed by atoms with Crippen LogP contribution < -0.4 is 9.47 Å². The molecule has 0 fully saturated rings. The van der Waals surface area contributed by atoms with Gasteiger partial charge in [-0.2, -0.15) is 0 Å². The number of aromatic nitrogens is 1. The second-order valence-corrected chi connectivity index (χ2v) is 7.66. The van der Waals surface area contributed by atoms with Crippen LogP contribution in [0.25, 0.3) is 11.5 Å². The third-order valence-electron chi connectivity index (χ3n) is 4.72. The van der Waals surface area contributed by atoms with Gasteiger partial charge in [0.25, 0.3) is 0 Å². The van der Waals surface area contributed by atoms with Crippen LogP contribution in [0.5, 0.6) is 11.5 Å². The van der Waals surface area contributed by atoms with Crippen LogP contribution >= 0.6 is 15.9 Å². The molecule has 10 nitrogen and oxygen atoms in total. The van der Waals surface area contributed by atoms with Crippen molar-refractivity contribution in [2.24, 2.45) is 0 Å². The number of furan rings is 1. The van der Waals surface area contributed by atoms with Gasteiger partial charge < -0.3 is 28.3 Å². The molecule has 11 heteroatoms. The molecule has 0 aliphatic carbocycles. The molecule has 3 aromatic rings. The van der Waals surface area contributed by atoms with E-state index in [1.54, 1.807) is 43.2 Å².